The number of aliphatic hydroxyl groups excluding tert-OH is 1. The van der Waals surface area contributed by atoms with Gasteiger partial charge in [0.05, 0.1) is 24.4 Å². The zero-order valence-corrected chi connectivity index (χ0v) is 27.0. The van der Waals surface area contributed by atoms with Gasteiger partial charge in [0.25, 0.3) is 0 Å². The number of nitrogens with one attached hydrogen (secondary N) is 2. The highest BCUT2D eigenvalue weighted by Crippen LogP contribution is 2.40. The van der Waals surface area contributed by atoms with Gasteiger partial charge in [-0.05, 0) is 52.4 Å². The maximum absolute atomic E-state index is 12.2. The van der Waals surface area contributed by atoms with E-state index in [9.17, 15) is 24.6 Å². The summed E-state index contributed by atoms with van der Waals surface area (Å²) in [6.07, 6.45) is 0.0348. The number of carboxylic acids is 1. The fourth-order valence-electron chi connectivity index (χ4n) is 5.42. The molecule has 11 heteroatoms. The molecule has 250 valence electrons. The van der Waals surface area contributed by atoms with E-state index >= 15 is 0 Å². The van der Waals surface area contributed by atoms with Gasteiger partial charge in [0.1, 0.15) is 0 Å². The van der Waals surface area contributed by atoms with Gasteiger partial charge in [-0.2, -0.15) is 0 Å². The van der Waals surface area contributed by atoms with Crippen molar-refractivity contribution in [2.24, 2.45) is 0 Å². The van der Waals surface area contributed by atoms with Crippen molar-refractivity contribution < 1.29 is 39.3 Å². The first-order chi connectivity index (χ1) is 23.3. The number of hydroxylamine groups is 1. The van der Waals surface area contributed by atoms with Crippen LogP contribution in [-0.4, -0.2) is 45.1 Å². The Morgan fingerprint density at radius 3 is 2.25 bits per heavy atom. The largest absolute Gasteiger partial charge is 0.478 e. The molecule has 0 aliphatic carbocycles. The van der Waals surface area contributed by atoms with Crippen molar-refractivity contribution in [2.75, 3.05) is 5.75 Å². The van der Waals surface area contributed by atoms with Crippen molar-refractivity contribution in [1.82, 2.24) is 10.8 Å². The van der Waals surface area contributed by atoms with Crippen molar-refractivity contribution >= 4 is 29.5 Å². The summed E-state index contributed by atoms with van der Waals surface area (Å²) in [7, 11) is 0. The van der Waals surface area contributed by atoms with Crippen molar-refractivity contribution in [3.8, 4) is 11.1 Å². The number of carboxylic acid groups (broad SMARTS) is 1. The Kier molecular flexibility index (Phi) is 12.4. The molecule has 0 spiro atoms. The number of carbonyl (C=O) groups is 3. The highest BCUT2D eigenvalue weighted by Gasteiger charge is 2.32. The molecule has 2 amide bonds. The number of rotatable bonds is 14. The molecule has 0 saturated carbocycles. The third-order valence-corrected chi connectivity index (χ3v) is 9.23. The second-order valence-corrected chi connectivity index (χ2v) is 12.5. The van der Waals surface area contributed by atoms with E-state index in [1.165, 1.54) is 11.8 Å². The van der Waals surface area contributed by atoms with Crippen LogP contribution in [0.4, 0.5) is 0 Å². The standard InChI is InChI=1S/C37H38N2O8S/c40-22-24-11-13-27(14-12-24)32-20-30(23-48-33-8-2-1-7-31(33)36(43)44)46-37(47-32)28-17-15-26(16-18-28)29-6-3-5-25(19-29)21-38-34(41)9-4-10-35(42)39-45/h1-3,5-8,11-19,30,32,37,40,45H,4,9-10,20-23H2,(H,38,41)(H,39,42)(H,43,44)/t30-,32+,37+/m0/s1. The van der Waals surface area contributed by atoms with E-state index in [1.54, 1.807) is 23.7 Å². The van der Waals surface area contributed by atoms with Crippen LogP contribution < -0.4 is 10.8 Å². The van der Waals surface area contributed by atoms with Crippen LogP contribution in [0.25, 0.3) is 11.1 Å². The smallest absolute Gasteiger partial charge is 0.336 e. The summed E-state index contributed by atoms with van der Waals surface area (Å²) in [4.78, 5) is 35.8. The van der Waals surface area contributed by atoms with Crippen molar-refractivity contribution in [1.29, 1.82) is 0 Å². The molecule has 0 unspecified atom stereocenters. The third kappa shape index (κ3) is 9.52. The summed E-state index contributed by atoms with van der Waals surface area (Å²) in [6.45, 7) is 0.300. The molecule has 48 heavy (non-hydrogen) atoms. The molecule has 1 fully saturated rings. The number of thioether (sulfide) groups is 1. The topological polar surface area (TPSA) is 154 Å². The Morgan fingerprint density at radius 1 is 0.792 bits per heavy atom. The zero-order chi connectivity index (χ0) is 33.9. The minimum absolute atomic E-state index is 0.0446. The lowest BCUT2D eigenvalue weighted by Gasteiger charge is -2.36. The van der Waals surface area contributed by atoms with Gasteiger partial charge >= 0.3 is 5.97 Å². The maximum atomic E-state index is 12.2. The van der Waals surface area contributed by atoms with Crippen molar-refractivity contribution in [3.05, 3.63) is 125 Å². The molecule has 4 aromatic carbocycles. The molecule has 1 aliphatic heterocycles. The summed E-state index contributed by atoms with van der Waals surface area (Å²) in [5.74, 6) is -1.12. The monoisotopic (exact) mass is 670 g/mol. The molecule has 0 radical (unpaired) electrons. The van der Waals surface area contributed by atoms with Gasteiger partial charge in [0, 0.05) is 42.0 Å². The Balaban J connectivity index is 1.27. The normalized spacial score (nSPS) is 17.4. The Labute approximate surface area is 283 Å². The van der Waals surface area contributed by atoms with E-state index in [0.29, 0.717) is 30.0 Å². The average molecular weight is 671 g/mol. The molecule has 1 heterocycles. The van der Waals surface area contributed by atoms with E-state index in [-0.39, 0.29) is 43.1 Å². The highest BCUT2D eigenvalue weighted by atomic mass is 32.2. The fraction of sp³-hybridized carbons (Fsp3) is 0.270. The van der Waals surface area contributed by atoms with Crippen LogP contribution in [0.5, 0.6) is 0 Å². The van der Waals surface area contributed by atoms with Crippen LogP contribution in [0.3, 0.4) is 0 Å². The number of hydrogen-bond acceptors (Lipinski definition) is 8. The van der Waals surface area contributed by atoms with Crippen LogP contribution in [0.2, 0.25) is 0 Å². The summed E-state index contributed by atoms with van der Waals surface area (Å²) in [5, 5.41) is 30.6. The van der Waals surface area contributed by atoms with Crippen LogP contribution in [0, 0.1) is 0 Å². The van der Waals surface area contributed by atoms with Crippen LogP contribution >= 0.6 is 11.8 Å². The first-order valence-corrected chi connectivity index (χ1v) is 16.7. The summed E-state index contributed by atoms with van der Waals surface area (Å²) < 4.78 is 12.9. The van der Waals surface area contributed by atoms with E-state index in [0.717, 1.165) is 33.4 Å². The van der Waals surface area contributed by atoms with E-state index in [1.807, 2.05) is 78.9 Å². The number of aliphatic hydroxyl groups is 1. The van der Waals surface area contributed by atoms with Crippen LogP contribution in [0.1, 0.15) is 70.7 Å². The lowest BCUT2D eigenvalue weighted by Crippen LogP contribution is -2.31. The Bertz CT molecular complexity index is 1700. The molecule has 0 aromatic heterocycles. The molecule has 3 atom stereocenters. The van der Waals surface area contributed by atoms with Gasteiger partial charge in [-0.3, -0.25) is 14.8 Å². The molecular weight excluding hydrogens is 632 g/mol. The van der Waals surface area contributed by atoms with E-state index in [4.69, 9.17) is 14.7 Å². The second-order valence-electron chi connectivity index (χ2n) is 11.5. The van der Waals surface area contributed by atoms with E-state index in [2.05, 4.69) is 5.32 Å². The number of ether oxygens (including phenoxy) is 2. The first-order valence-electron chi connectivity index (χ1n) is 15.7. The maximum Gasteiger partial charge on any atom is 0.336 e. The van der Waals surface area contributed by atoms with Crippen LogP contribution in [-0.2, 0) is 32.2 Å². The highest BCUT2D eigenvalue weighted by molar-refractivity contribution is 7.99. The molecule has 10 nitrogen and oxygen atoms in total. The Morgan fingerprint density at radius 2 is 1.52 bits per heavy atom. The number of benzene rings is 4. The molecule has 1 aliphatic rings. The van der Waals surface area contributed by atoms with Crippen molar-refractivity contribution in [3.63, 3.8) is 0 Å². The second kappa shape index (κ2) is 17.0. The zero-order valence-electron chi connectivity index (χ0n) is 26.2. The SMILES string of the molecule is O=C(CCCC(=O)NCc1cccc(-c2ccc([C@@H]3O[C@H](CSc4ccccc4C(=O)O)C[C@H](c4ccc(CO)cc4)O3)cc2)c1)NO. The van der Waals surface area contributed by atoms with Gasteiger partial charge in [-0.25, -0.2) is 10.3 Å². The lowest BCUT2D eigenvalue weighted by atomic mass is 9.99. The molecular formula is C37H38N2O8S. The van der Waals surface area contributed by atoms with Crippen LogP contribution in [0.15, 0.2) is 102 Å². The predicted molar refractivity (Wildman–Crippen MR) is 180 cm³/mol. The number of aromatic carboxylic acids is 1. The number of amides is 2. The predicted octanol–water partition coefficient (Wildman–Crippen LogP) is 6.17. The van der Waals surface area contributed by atoms with Gasteiger partial charge in [-0.15, -0.1) is 11.8 Å². The van der Waals surface area contributed by atoms with Gasteiger partial charge < -0.3 is 25.0 Å². The average Bonchev–Trinajstić information content (AvgIpc) is 3.13. The molecule has 0 bridgehead atoms. The minimum Gasteiger partial charge on any atom is -0.478 e. The number of carbonyl (C=O) groups excluding carboxylic acids is 2. The fourth-order valence-corrected chi connectivity index (χ4v) is 6.49. The summed E-state index contributed by atoms with van der Waals surface area (Å²) >= 11 is 1.45. The molecule has 5 N–H and O–H groups in total. The quantitative estimate of drug-likeness (QED) is 0.0602. The van der Waals surface area contributed by atoms with Gasteiger partial charge in [0.2, 0.25) is 11.8 Å². The Hall–Kier alpha value is -4.52. The van der Waals surface area contributed by atoms with Gasteiger partial charge in [0.15, 0.2) is 6.29 Å². The summed E-state index contributed by atoms with van der Waals surface area (Å²) in [5.41, 5.74) is 7.33. The minimum atomic E-state index is -0.969. The molecule has 5 rings (SSSR count). The number of hydrogen-bond donors (Lipinski definition) is 5. The van der Waals surface area contributed by atoms with E-state index < -0.39 is 18.2 Å². The first kappa shape index (κ1) is 34.8. The van der Waals surface area contributed by atoms with Gasteiger partial charge in [-0.1, -0.05) is 78.9 Å². The molecule has 1 saturated heterocycles. The van der Waals surface area contributed by atoms with Crippen molar-refractivity contribution in [2.45, 2.75) is 62.2 Å². The lowest BCUT2D eigenvalue weighted by molar-refractivity contribution is -0.245. The summed E-state index contributed by atoms with van der Waals surface area (Å²) in [6, 6.07) is 30.4. The third-order valence-electron chi connectivity index (χ3n) is 8.02. The molecule has 4 aromatic rings.